The van der Waals surface area contributed by atoms with Crippen molar-refractivity contribution < 1.29 is 4.74 Å². The highest BCUT2D eigenvalue weighted by Crippen LogP contribution is 2.26. The first kappa shape index (κ1) is 11.2. The number of benzene rings is 1. The Morgan fingerprint density at radius 2 is 2.06 bits per heavy atom. The SMILES string of the molecule is Cc1ccc(Oc2cc(=O)[nH]c(C)n2)c(N)c1. The van der Waals surface area contributed by atoms with Gasteiger partial charge in [-0.2, -0.15) is 0 Å². The lowest BCUT2D eigenvalue weighted by Gasteiger charge is -2.08. The first-order valence-electron chi connectivity index (χ1n) is 5.16. The monoisotopic (exact) mass is 231 g/mol. The number of anilines is 1. The summed E-state index contributed by atoms with van der Waals surface area (Å²) >= 11 is 0. The van der Waals surface area contributed by atoms with Crippen molar-refractivity contribution in [3.8, 4) is 11.6 Å². The smallest absolute Gasteiger partial charge is 0.254 e. The normalized spacial score (nSPS) is 10.2. The van der Waals surface area contributed by atoms with E-state index in [1.165, 1.54) is 6.07 Å². The molecule has 0 aliphatic rings. The topological polar surface area (TPSA) is 81.0 Å². The van der Waals surface area contributed by atoms with Gasteiger partial charge in [-0.15, -0.1) is 0 Å². The summed E-state index contributed by atoms with van der Waals surface area (Å²) in [4.78, 5) is 17.8. The number of nitrogens with one attached hydrogen (secondary N) is 1. The van der Waals surface area contributed by atoms with E-state index in [0.29, 0.717) is 17.3 Å². The van der Waals surface area contributed by atoms with Gasteiger partial charge >= 0.3 is 0 Å². The van der Waals surface area contributed by atoms with Gasteiger partial charge in [0.15, 0.2) is 5.75 Å². The Morgan fingerprint density at radius 3 is 2.71 bits per heavy atom. The van der Waals surface area contributed by atoms with Gasteiger partial charge in [-0.05, 0) is 31.5 Å². The Kier molecular flexibility index (Phi) is 2.82. The van der Waals surface area contributed by atoms with E-state index < -0.39 is 0 Å². The first-order chi connectivity index (χ1) is 8.04. The van der Waals surface area contributed by atoms with Crippen LogP contribution in [0.4, 0.5) is 5.69 Å². The van der Waals surface area contributed by atoms with Gasteiger partial charge in [0.25, 0.3) is 5.56 Å². The maximum atomic E-state index is 11.2. The molecule has 17 heavy (non-hydrogen) atoms. The number of nitrogen functional groups attached to an aromatic ring is 1. The van der Waals surface area contributed by atoms with Crippen LogP contribution in [0.2, 0.25) is 0 Å². The molecule has 5 nitrogen and oxygen atoms in total. The third-order valence-electron chi connectivity index (χ3n) is 2.22. The van der Waals surface area contributed by atoms with E-state index in [0.717, 1.165) is 5.56 Å². The number of nitrogens with two attached hydrogens (primary N) is 1. The number of aryl methyl sites for hydroxylation is 2. The van der Waals surface area contributed by atoms with E-state index >= 15 is 0 Å². The molecule has 0 spiro atoms. The Hall–Kier alpha value is -2.30. The first-order valence-corrected chi connectivity index (χ1v) is 5.16. The van der Waals surface area contributed by atoms with Crippen LogP contribution in [0.25, 0.3) is 0 Å². The van der Waals surface area contributed by atoms with Crippen molar-refractivity contribution >= 4 is 5.69 Å². The molecule has 0 saturated heterocycles. The summed E-state index contributed by atoms with van der Waals surface area (Å²) in [5, 5.41) is 0. The van der Waals surface area contributed by atoms with E-state index in [2.05, 4.69) is 9.97 Å². The number of rotatable bonds is 2. The molecule has 0 unspecified atom stereocenters. The van der Waals surface area contributed by atoms with E-state index in [1.54, 1.807) is 19.1 Å². The second kappa shape index (κ2) is 4.29. The number of H-pyrrole nitrogens is 1. The molecular formula is C12H13N3O2. The molecule has 1 aromatic carbocycles. The van der Waals surface area contributed by atoms with Crippen molar-refractivity contribution in [2.45, 2.75) is 13.8 Å². The fourth-order valence-corrected chi connectivity index (χ4v) is 1.48. The molecule has 0 aliphatic heterocycles. The molecule has 0 bridgehead atoms. The maximum Gasteiger partial charge on any atom is 0.254 e. The molecule has 88 valence electrons. The largest absolute Gasteiger partial charge is 0.437 e. The van der Waals surface area contributed by atoms with Gasteiger partial charge in [-0.3, -0.25) is 4.79 Å². The van der Waals surface area contributed by atoms with E-state index in [1.807, 2.05) is 13.0 Å². The highest BCUT2D eigenvalue weighted by atomic mass is 16.5. The highest BCUT2D eigenvalue weighted by Gasteiger charge is 2.04. The average molecular weight is 231 g/mol. The summed E-state index contributed by atoms with van der Waals surface area (Å²) in [5.74, 6) is 1.23. The van der Waals surface area contributed by atoms with Gasteiger partial charge in [0.05, 0.1) is 11.8 Å². The summed E-state index contributed by atoms with van der Waals surface area (Å²) in [6.07, 6.45) is 0. The predicted octanol–water partition coefficient (Wildman–Crippen LogP) is 1.76. The lowest BCUT2D eigenvalue weighted by Crippen LogP contribution is -2.08. The number of hydrogen-bond donors (Lipinski definition) is 2. The van der Waals surface area contributed by atoms with Gasteiger partial charge in [-0.25, -0.2) is 4.98 Å². The molecule has 1 heterocycles. The van der Waals surface area contributed by atoms with E-state index in [4.69, 9.17) is 10.5 Å². The van der Waals surface area contributed by atoms with E-state index in [9.17, 15) is 4.79 Å². The zero-order chi connectivity index (χ0) is 12.4. The fourth-order valence-electron chi connectivity index (χ4n) is 1.48. The standard InChI is InChI=1S/C12H13N3O2/c1-7-3-4-10(9(13)5-7)17-12-6-11(16)14-8(2)15-12/h3-6H,13H2,1-2H3,(H,14,15,16). The molecular weight excluding hydrogens is 218 g/mol. The number of hydrogen-bond acceptors (Lipinski definition) is 4. The van der Waals surface area contributed by atoms with Crippen LogP contribution in [-0.4, -0.2) is 9.97 Å². The van der Waals surface area contributed by atoms with Crippen LogP contribution in [-0.2, 0) is 0 Å². The number of aromatic nitrogens is 2. The second-order valence-electron chi connectivity index (χ2n) is 3.81. The zero-order valence-corrected chi connectivity index (χ0v) is 9.65. The summed E-state index contributed by atoms with van der Waals surface area (Å²) < 4.78 is 5.47. The summed E-state index contributed by atoms with van der Waals surface area (Å²) in [6.45, 7) is 3.63. The van der Waals surface area contributed by atoms with Crippen LogP contribution in [0.3, 0.4) is 0 Å². The minimum atomic E-state index is -0.252. The predicted molar refractivity (Wildman–Crippen MR) is 65.3 cm³/mol. The van der Waals surface area contributed by atoms with Crippen molar-refractivity contribution in [1.29, 1.82) is 0 Å². The highest BCUT2D eigenvalue weighted by molar-refractivity contribution is 5.55. The molecule has 0 amide bonds. The fraction of sp³-hybridized carbons (Fsp3) is 0.167. The third kappa shape index (κ3) is 2.63. The average Bonchev–Trinajstić information content (AvgIpc) is 2.21. The van der Waals surface area contributed by atoms with Crippen LogP contribution in [0.5, 0.6) is 11.6 Å². The molecule has 0 saturated carbocycles. The van der Waals surface area contributed by atoms with Gasteiger partial charge < -0.3 is 15.5 Å². The second-order valence-corrected chi connectivity index (χ2v) is 3.81. The van der Waals surface area contributed by atoms with Crippen molar-refractivity contribution in [3.63, 3.8) is 0 Å². The van der Waals surface area contributed by atoms with Gasteiger partial charge in [-0.1, -0.05) is 6.07 Å². The van der Waals surface area contributed by atoms with Gasteiger partial charge in [0, 0.05) is 0 Å². The lowest BCUT2D eigenvalue weighted by atomic mass is 10.2. The molecule has 0 aliphatic carbocycles. The van der Waals surface area contributed by atoms with Crippen molar-refractivity contribution in [1.82, 2.24) is 9.97 Å². The Balaban J connectivity index is 2.34. The van der Waals surface area contributed by atoms with Crippen molar-refractivity contribution in [2.75, 3.05) is 5.73 Å². The zero-order valence-electron chi connectivity index (χ0n) is 9.65. The minimum Gasteiger partial charge on any atom is -0.437 e. The van der Waals surface area contributed by atoms with Crippen LogP contribution in [0.1, 0.15) is 11.4 Å². The Bertz CT molecular complexity index is 605. The number of aromatic amines is 1. The molecule has 0 radical (unpaired) electrons. The number of nitrogens with zero attached hydrogens (tertiary/aromatic N) is 1. The summed E-state index contributed by atoms with van der Waals surface area (Å²) in [6, 6.07) is 6.72. The minimum absolute atomic E-state index is 0.238. The number of ether oxygens (including phenoxy) is 1. The maximum absolute atomic E-state index is 11.2. The van der Waals surface area contributed by atoms with Crippen molar-refractivity contribution in [2.24, 2.45) is 0 Å². The van der Waals surface area contributed by atoms with Crippen LogP contribution >= 0.6 is 0 Å². The summed E-state index contributed by atoms with van der Waals surface area (Å²) in [7, 11) is 0. The molecule has 5 heteroatoms. The van der Waals surface area contributed by atoms with E-state index in [-0.39, 0.29) is 11.4 Å². The van der Waals surface area contributed by atoms with Crippen LogP contribution in [0, 0.1) is 13.8 Å². The summed E-state index contributed by atoms with van der Waals surface area (Å²) in [5.41, 5.74) is 7.12. The Morgan fingerprint density at radius 1 is 1.29 bits per heavy atom. The molecule has 2 aromatic rings. The Labute approximate surface area is 98.3 Å². The molecule has 1 aromatic heterocycles. The molecule has 2 rings (SSSR count). The quantitative estimate of drug-likeness (QED) is 0.772. The molecule has 3 N–H and O–H groups in total. The van der Waals surface area contributed by atoms with Gasteiger partial charge in [0.2, 0.25) is 5.88 Å². The van der Waals surface area contributed by atoms with Crippen LogP contribution in [0.15, 0.2) is 29.1 Å². The molecule has 0 fully saturated rings. The lowest BCUT2D eigenvalue weighted by molar-refractivity contribution is 0.461. The molecule has 0 atom stereocenters. The van der Waals surface area contributed by atoms with Crippen LogP contribution < -0.4 is 16.0 Å². The van der Waals surface area contributed by atoms with Gasteiger partial charge in [0.1, 0.15) is 5.82 Å². The van der Waals surface area contributed by atoms with Crippen molar-refractivity contribution in [3.05, 3.63) is 46.0 Å². The third-order valence-corrected chi connectivity index (χ3v) is 2.22.